The van der Waals surface area contributed by atoms with Gasteiger partial charge in [-0.2, -0.15) is 0 Å². The maximum atomic E-state index is 11.3. The predicted octanol–water partition coefficient (Wildman–Crippen LogP) is 0.847. The Kier molecular flexibility index (Phi) is 6.83. The second kappa shape index (κ2) is 8.39. The van der Waals surface area contributed by atoms with Crippen molar-refractivity contribution in [2.24, 2.45) is 5.73 Å². The highest BCUT2D eigenvalue weighted by Crippen LogP contribution is 2.28. The normalized spacial score (nSPS) is 11.8. The molecule has 0 aliphatic heterocycles. The molecule has 0 aliphatic rings. The smallest absolute Gasteiger partial charge is 0.323 e. The number of esters is 1. The number of carbonyl (C=O) groups excluding carboxylic acids is 1. The molecule has 0 bridgehead atoms. The summed E-state index contributed by atoms with van der Waals surface area (Å²) in [5, 5.41) is 9.04. The van der Waals surface area contributed by atoms with Crippen molar-refractivity contribution < 1.29 is 24.1 Å². The zero-order valence-electron chi connectivity index (χ0n) is 11.8. The lowest BCUT2D eigenvalue weighted by molar-refractivity contribution is -0.145. The first-order valence-corrected chi connectivity index (χ1v) is 6.45. The second-order valence-corrected chi connectivity index (χ2v) is 4.14. The van der Waals surface area contributed by atoms with Gasteiger partial charge < -0.3 is 25.1 Å². The van der Waals surface area contributed by atoms with E-state index >= 15 is 0 Å². The molecule has 1 aromatic rings. The third-order valence-electron chi connectivity index (χ3n) is 2.69. The third-order valence-corrected chi connectivity index (χ3v) is 2.69. The SMILES string of the molecule is CCOC(=O)C(N)CCOc1ccc(CO)cc1OC. The molecular weight excluding hydrogens is 262 g/mol. The van der Waals surface area contributed by atoms with E-state index in [-0.39, 0.29) is 13.2 Å². The van der Waals surface area contributed by atoms with Crippen molar-refractivity contribution in [3.05, 3.63) is 23.8 Å². The Hall–Kier alpha value is -1.79. The van der Waals surface area contributed by atoms with Gasteiger partial charge in [0.2, 0.25) is 0 Å². The quantitative estimate of drug-likeness (QED) is 0.687. The van der Waals surface area contributed by atoms with Gasteiger partial charge in [0, 0.05) is 6.42 Å². The molecule has 112 valence electrons. The van der Waals surface area contributed by atoms with Gasteiger partial charge in [-0.15, -0.1) is 0 Å². The van der Waals surface area contributed by atoms with Crippen LogP contribution in [0.4, 0.5) is 0 Å². The molecule has 6 nitrogen and oxygen atoms in total. The van der Waals surface area contributed by atoms with E-state index in [1.54, 1.807) is 25.1 Å². The largest absolute Gasteiger partial charge is 0.493 e. The molecule has 3 N–H and O–H groups in total. The lowest BCUT2D eigenvalue weighted by atomic mass is 10.2. The van der Waals surface area contributed by atoms with Crippen LogP contribution in [-0.4, -0.2) is 37.4 Å². The first-order valence-electron chi connectivity index (χ1n) is 6.45. The zero-order valence-corrected chi connectivity index (χ0v) is 11.8. The number of methoxy groups -OCH3 is 1. The number of ether oxygens (including phenoxy) is 3. The van der Waals surface area contributed by atoms with Gasteiger partial charge in [-0.3, -0.25) is 4.79 Å². The minimum atomic E-state index is -0.697. The Labute approximate surface area is 118 Å². The van der Waals surface area contributed by atoms with E-state index in [2.05, 4.69) is 0 Å². The molecule has 0 spiro atoms. The monoisotopic (exact) mass is 283 g/mol. The van der Waals surface area contributed by atoms with Crippen molar-refractivity contribution in [2.75, 3.05) is 20.3 Å². The van der Waals surface area contributed by atoms with Crippen molar-refractivity contribution in [3.8, 4) is 11.5 Å². The average Bonchev–Trinajstić information content (AvgIpc) is 2.47. The van der Waals surface area contributed by atoms with Crippen LogP contribution in [0.15, 0.2) is 18.2 Å². The Morgan fingerprint density at radius 3 is 2.75 bits per heavy atom. The highest BCUT2D eigenvalue weighted by atomic mass is 16.5. The summed E-state index contributed by atoms with van der Waals surface area (Å²) in [6, 6.07) is 4.45. The van der Waals surface area contributed by atoms with Gasteiger partial charge in [0.1, 0.15) is 6.04 Å². The number of rotatable bonds is 8. The van der Waals surface area contributed by atoms with Crippen molar-refractivity contribution in [1.82, 2.24) is 0 Å². The highest BCUT2D eigenvalue weighted by Gasteiger charge is 2.15. The molecule has 0 aromatic heterocycles. The van der Waals surface area contributed by atoms with Crippen LogP contribution in [0.5, 0.6) is 11.5 Å². The van der Waals surface area contributed by atoms with Crippen molar-refractivity contribution >= 4 is 5.97 Å². The van der Waals surface area contributed by atoms with Crippen LogP contribution in [0.1, 0.15) is 18.9 Å². The van der Waals surface area contributed by atoms with Gasteiger partial charge in [-0.25, -0.2) is 0 Å². The lowest BCUT2D eigenvalue weighted by Crippen LogP contribution is -2.33. The summed E-state index contributed by atoms with van der Waals surface area (Å²) in [5.41, 5.74) is 6.40. The fourth-order valence-electron chi connectivity index (χ4n) is 1.59. The summed E-state index contributed by atoms with van der Waals surface area (Å²) < 4.78 is 15.5. The van der Waals surface area contributed by atoms with E-state index in [1.165, 1.54) is 7.11 Å². The fourth-order valence-corrected chi connectivity index (χ4v) is 1.59. The summed E-state index contributed by atoms with van der Waals surface area (Å²) in [6.45, 7) is 2.25. The molecular formula is C14H21NO5. The van der Waals surface area contributed by atoms with E-state index in [9.17, 15) is 4.79 Å². The lowest BCUT2D eigenvalue weighted by Gasteiger charge is -2.14. The molecule has 6 heteroatoms. The van der Waals surface area contributed by atoms with Gasteiger partial charge >= 0.3 is 5.97 Å². The molecule has 0 heterocycles. The van der Waals surface area contributed by atoms with Gasteiger partial charge in [0.05, 0.1) is 26.9 Å². The van der Waals surface area contributed by atoms with E-state index in [1.807, 2.05) is 0 Å². The Morgan fingerprint density at radius 2 is 2.15 bits per heavy atom. The minimum Gasteiger partial charge on any atom is -0.493 e. The molecule has 0 amide bonds. The van der Waals surface area contributed by atoms with Crippen LogP contribution < -0.4 is 15.2 Å². The third kappa shape index (κ3) is 4.71. The Morgan fingerprint density at radius 1 is 1.40 bits per heavy atom. The first-order chi connectivity index (χ1) is 9.62. The van der Waals surface area contributed by atoms with Crippen LogP contribution >= 0.6 is 0 Å². The summed E-state index contributed by atoms with van der Waals surface area (Å²) in [7, 11) is 1.52. The molecule has 1 unspecified atom stereocenters. The number of carbonyl (C=O) groups is 1. The second-order valence-electron chi connectivity index (χ2n) is 4.14. The van der Waals surface area contributed by atoms with Crippen molar-refractivity contribution in [3.63, 3.8) is 0 Å². The summed E-state index contributed by atoms with van der Waals surface area (Å²) in [4.78, 5) is 11.3. The average molecular weight is 283 g/mol. The van der Waals surface area contributed by atoms with Gasteiger partial charge in [0.25, 0.3) is 0 Å². The molecule has 1 atom stereocenters. The number of hydrogen-bond donors (Lipinski definition) is 2. The van der Waals surface area contributed by atoms with E-state index in [0.29, 0.717) is 24.5 Å². The van der Waals surface area contributed by atoms with Gasteiger partial charge in [0.15, 0.2) is 11.5 Å². The number of aliphatic hydroxyl groups is 1. The predicted molar refractivity (Wildman–Crippen MR) is 73.6 cm³/mol. The number of hydrogen-bond acceptors (Lipinski definition) is 6. The molecule has 0 fully saturated rings. The molecule has 0 aliphatic carbocycles. The van der Waals surface area contributed by atoms with Crippen LogP contribution in [0.2, 0.25) is 0 Å². The topological polar surface area (TPSA) is 91.0 Å². The molecule has 0 saturated carbocycles. The Balaban J connectivity index is 2.51. The van der Waals surface area contributed by atoms with Gasteiger partial charge in [-0.1, -0.05) is 6.07 Å². The van der Waals surface area contributed by atoms with Crippen LogP contribution in [0, 0.1) is 0 Å². The number of benzene rings is 1. The van der Waals surface area contributed by atoms with E-state index in [0.717, 1.165) is 5.56 Å². The van der Waals surface area contributed by atoms with Crippen LogP contribution in [0.25, 0.3) is 0 Å². The summed E-state index contributed by atoms with van der Waals surface area (Å²) >= 11 is 0. The van der Waals surface area contributed by atoms with E-state index in [4.69, 9.17) is 25.1 Å². The molecule has 0 saturated heterocycles. The first kappa shape index (κ1) is 16.3. The minimum absolute atomic E-state index is 0.0651. The standard InChI is InChI=1S/C14H21NO5/c1-3-19-14(17)11(15)6-7-20-12-5-4-10(9-16)8-13(12)18-2/h4-5,8,11,16H,3,6-7,9,15H2,1-2H3. The van der Waals surface area contributed by atoms with Crippen molar-refractivity contribution in [1.29, 1.82) is 0 Å². The molecule has 0 radical (unpaired) electrons. The maximum Gasteiger partial charge on any atom is 0.323 e. The zero-order chi connectivity index (χ0) is 15.0. The number of aliphatic hydroxyl groups excluding tert-OH is 1. The van der Waals surface area contributed by atoms with E-state index < -0.39 is 12.0 Å². The van der Waals surface area contributed by atoms with Crippen LogP contribution in [-0.2, 0) is 16.1 Å². The highest BCUT2D eigenvalue weighted by molar-refractivity contribution is 5.75. The Bertz CT molecular complexity index is 436. The van der Waals surface area contributed by atoms with Crippen LogP contribution in [0.3, 0.4) is 0 Å². The molecule has 20 heavy (non-hydrogen) atoms. The van der Waals surface area contributed by atoms with Crippen molar-refractivity contribution in [2.45, 2.75) is 26.0 Å². The summed E-state index contributed by atoms with van der Waals surface area (Å²) in [5.74, 6) is 0.640. The maximum absolute atomic E-state index is 11.3. The summed E-state index contributed by atoms with van der Waals surface area (Å²) in [6.07, 6.45) is 0.351. The number of nitrogens with two attached hydrogens (primary N) is 1. The molecule has 1 rings (SSSR count). The fraction of sp³-hybridized carbons (Fsp3) is 0.500. The molecule has 1 aromatic carbocycles. The van der Waals surface area contributed by atoms with Gasteiger partial charge in [-0.05, 0) is 24.6 Å².